The number of nitrogens with zero attached hydrogens (tertiary/aromatic N) is 2. The predicted octanol–water partition coefficient (Wildman–Crippen LogP) is 3.23. The first-order chi connectivity index (χ1) is 15.0. The van der Waals surface area contributed by atoms with Gasteiger partial charge in [-0.2, -0.15) is 0 Å². The van der Waals surface area contributed by atoms with Crippen LogP contribution in [0.5, 0.6) is 5.75 Å². The number of benzene rings is 2. The Bertz CT molecular complexity index is 949. The van der Waals surface area contributed by atoms with Crippen LogP contribution >= 0.6 is 11.6 Å². The molecule has 2 amide bonds. The Morgan fingerprint density at radius 1 is 0.839 bits per heavy atom. The number of hydrogen-bond acceptors (Lipinski definition) is 6. The third kappa shape index (κ3) is 4.90. The molecule has 1 heterocycles. The Morgan fingerprint density at radius 3 is 1.94 bits per heavy atom. The molecule has 0 spiro atoms. The van der Waals surface area contributed by atoms with Gasteiger partial charge in [-0.25, -0.2) is 4.90 Å². The van der Waals surface area contributed by atoms with E-state index in [0.29, 0.717) is 59.6 Å². The molecule has 1 aliphatic heterocycles. The van der Waals surface area contributed by atoms with Gasteiger partial charge in [0.05, 0.1) is 31.6 Å². The van der Waals surface area contributed by atoms with Crippen LogP contribution in [0.15, 0.2) is 54.2 Å². The SMILES string of the molecule is COCCN(CCOC)C1=C(c2ccc(OC)cc2)C(=O)N(c2ccc(Cl)cc2)C1=O. The zero-order valence-electron chi connectivity index (χ0n) is 17.8. The molecule has 0 aromatic heterocycles. The molecule has 31 heavy (non-hydrogen) atoms. The molecule has 1 aliphatic rings. The van der Waals surface area contributed by atoms with E-state index in [1.54, 1.807) is 69.9 Å². The van der Waals surface area contributed by atoms with Crippen LogP contribution in [0.25, 0.3) is 5.57 Å². The Hall–Kier alpha value is -2.87. The van der Waals surface area contributed by atoms with Crippen LogP contribution in [0.2, 0.25) is 5.02 Å². The fourth-order valence-corrected chi connectivity index (χ4v) is 3.52. The largest absolute Gasteiger partial charge is 0.497 e. The van der Waals surface area contributed by atoms with E-state index in [1.165, 1.54) is 4.90 Å². The molecule has 2 aromatic rings. The van der Waals surface area contributed by atoms with Gasteiger partial charge in [0, 0.05) is 32.3 Å². The van der Waals surface area contributed by atoms with Crippen LogP contribution < -0.4 is 9.64 Å². The maximum atomic E-state index is 13.5. The van der Waals surface area contributed by atoms with Crippen molar-refractivity contribution in [2.45, 2.75) is 0 Å². The lowest BCUT2D eigenvalue weighted by Crippen LogP contribution is -2.37. The second-order valence-corrected chi connectivity index (χ2v) is 7.28. The molecule has 0 N–H and O–H groups in total. The van der Waals surface area contributed by atoms with Crippen molar-refractivity contribution in [1.29, 1.82) is 0 Å². The van der Waals surface area contributed by atoms with Gasteiger partial charge < -0.3 is 19.1 Å². The van der Waals surface area contributed by atoms with Gasteiger partial charge in [0.25, 0.3) is 11.8 Å². The molecular formula is C23H25ClN2O5. The summed E-state index contributed by atoms with van der Waals surface area (Å²) in [4.78, 5) is 30.1. The van der Waals surface area contributed by atoms with E-state index in [-0.39, 0.29) is 0 Å². The Kier molecular flexibility index (Phi) is 7.68. The molecule has 0 unspecified atom stereocenters. The van der Waals surface area contributed by atoms with Crippen LogP contribution in [0.1, 0.15) is 5.56 Å². The molecule has 0 fully saturated rings. The number of carbonyl (C=O) groups is 2. The summed E-state index contributed by atoms with van der Waals surface area (Å²) < 4.78 is 15.7. The lowest BCUT2D eigenvalue weighted by Gasteiger charge is -2.25. The summed E-state index contributed by atoms with van der Waals surface area (Å²) in [5, 5.41) is 0.522. The van der Waals surface area contributed by atoms with Crippen molar-refractivity contribution < 1.29 is 23.8 Å². The maximum Gasteiger partial charge on any atom is 0.282 e. The third-order valence-electron chi connectivity index (χ3n) is 4.97. The Balaban J connectivity index is 2.10. The van der Waals surface area contributed by atoms with Gasteiger partial charge in [-0.3, -0.25) is 9.59 Å². The average molecular weight is 445 g/mol. The zero-order chi connectivity index (χ0) is 22.4. The first-order valence-electron chi connectivity index (χ1n) is 9.77. The molecule has 0 saturated heterocycles. The van der Waals surface area contributed by atoms with Crippen LogP contribution in [0.3, 0.4) is 0 Å². The maximum absolute atomic E-state index is 13.5. The number of halogens is 1. The highest BCUT2D eigenvalue weighted by Gasteiger charge is 2.42. The summed E-state index contributed by atoms with van der Waals surface area (Å²) in [6, 6.07) is 13.7. The number of carbonyl (C=O) groups excluding carboxylic acids is 2. The van der Waals surface area contributed by atoms with Crippen LogP contribution in [0.4, 0.5) is 5.69 Å². The van der Waals surface area contributed by atoms with Gasteiger partial charge in [0.2, 0.25) is 0 Å². The molecule has 7 nitrogen and oxygen atoms in total. The summed E-state index contributed by atoms with van der Waals surface area (Å²) in [5.41, 5.74) is 1.73. The van der Waals surface area contributed by atoms with Crippen LogP contribution in [-0.4, -0.2) is 64.3 Å². The quantitative estimate of drug-likeness (QED) is 0.524. The number of amides is 2. The van der Waals surface area contributed by atoms with Gasteiger partial charge in [-0.1, -0.05) is 23.7 Å². The van der Waals surface area contributed by atoms with Gasteiger partial charge in [0.1, 0.15) is 11.4 Å². The highest BCUT2D eigenvalue weighted by molar-refractivity contribution is 6.45. The lowest BCUT2D eigenvalue weighted by molar-refractivity contribution is -0.120. The standard InChI is InChI=1S/C23H25ClN2O5/c1-29-14-12-25(13-15-30-2)21-20(16-4-10-19(31-3)11-5-16)22(27)26(23(21)28)18-8-6-17(24)7-9-18/h4-11H,12-15H2,1-3H3. The molecule has 0 saturated carbocycles. The Labute approximate surface area is 186 Å². The predicted molar refractivity (Wildman–Crippen MR) is 119 cm³/mol. The molecule has 0 bridgehead atoms. The van der Waals surface area contributed by atoms with Crippen molar-refractivity contribution in [2.24, 2.45) is 0 Å². The molecule has 8 heteroatoms. The van der Waals surface area contributed by atoms with Crippen molar-refractivity contribution in [1.82, 2.24) is 4.90 Å². The summed E-state index contributed by atoms with van der Waals surface area (Å²) >= 11 is 5.99. The van der Waals surface area contributed by atoms with Crippen molar-refractivity contribution in [3.8, 4) is 5.75 Å². The highest BCUT2D eigenvalue weighted by atomic mass is 35.5. The zero-order valence-corrected chi connectivity index (χ0v) is 18.5. The average Bonchev–Trinajstić information content (AvgIpc) is 3.04. The summed E-state index contributed by atoms with van der Waals surface area (Å²) in [6.45, 7) is 1.65. The molecular weight excluding hydrogens is 420 g/mol. The first-order valence-corrected chi connectivity index (χ1v) is 10.2. The monoisotopic (exact) mass is 444 g/mol. The smallest absolute Gasteiger partial charge is 0.282 e. The fraction of sp³-hybridized carbons (Fsp3) is 0.304. The van der Waals surface area contributed by atoms with Gasteiger partial charge in [0.15, 0.2) is 0 Å². The minimum atomic E-state index is -0.398. The topological polar surface area (TPSA) is 68.3 Å². The molecule has 0 atom stereocenters. The summed E-state index contributed by atoms with van der Waals surface area (Å²) in [6.07, 6.45) is 0. The van der Waals surface area contributed by atoms with Crippen molar-refractivity contribution in [3.63, 3.8) is 0 Å². The summed E-state index contributed by atoms with van der Waals surface area (Å²) in [7, 11) is 4.76. The van der Waals surface area contributed by atoms with Gasteiger partial charge >= 0.3 is 0 Å². The third-order valence-corrected chi connectivity index (χ3v) is 5.22. The fourth-order valence-electron chi connectivity index (χ4n) is 3.39. The minimum absolute atomic E-state index is 0.319. The molecule has 3 rings (SSSR count). The van der Waals surface area contributed by atoms with Crippen LogP contribution in [-0.2, 0) is 19.1 Å². The number of imide groups is 1. The van der Waals surface area contributed by atoms with E-state index < -0.39 is 11.8 Å². The molecule has 2 aromatic carbocycles. The van der Waals surface area contributed by atoms with E-state index in [9.17, 15) is 9.59 Å². The van der Waals surface area contributed by atoms with Gasteiger partial charge in [-0.05, 0) is 42.0 Å². The molecule has 164 valence electrons. The van der Waals surface area contributed by atoms with Gasteiger partial charge in [-0.15, -0.1) is 0 Å². The van der Waals surface area contributed by atoms with E-state index in [4.69, 9.17) is 25.8 Å². The normalized spacial score (nSPS) is 13.9. The number of methoxy groups -OCH3 is 3. The lowest BCUT2D eigenvalue weighted by atomic mass is 10.0. The van der Waals surface area contributed by atoms with Crippen molar-refractivity contribution in [2.75, 3.05) is 52.5 Å². The Morgan fingerprint density at radius 2 is 1.42 bits per heavy atom. The number of hydrogen-bond donors (Lipinski definition) is 0. The number of rotatable bonds is 10. The first kappa shape index (κ1) is 22.8. The number of ether oxygens (including phenoxy) is 3. The van der Waals surface area contributed by atoms with Crippen LogP contribution in [0, 0.1) is 0 Å². The van der Waals surface area contributed by atoms with Crippen molar-refractivity contribution in [3.05, 3.63) is 64.8 Å². The van der Waals surface area contributed by atoms with E-state index in [1.807, 2.05) is 4.90 Å². The second-order valence-electron chi connectivity index (χ2n) is 6.85. The van der Waals surface area contributed by atoms with E-state index in [0.717, 1.165) is 0 Å². The highest BCUT2D eigenvalue weighted by Crippen LogP contribution is 2.35. The molecule has 0 aliphatic carbocycles. The number of anilines is 1. The summed E-state index contributed by atoms with van der Waals surface area (Å²) in [5.74, 6) is -0.134. The van der Waals surface area contributed by atoms with E-state index >= 15 is 0 Å². The minimum Gasteiger partial charge on any atom is -0.497 e. The van der Waals surface area contributed by atoms with Crippen molar-refractivity contribution >= 4 is 34.7 Å². The second kappa shape index (κ2) is 10.4. The molecule has 0 radical (unpaired) electrons. The van der Waals surface area contributed by atoms with E-state index in [2.05, 4.69) is 0 Å².